The quantitative estimate of drug-likeness (QED) is 0.167. The van der Waals surface area contributed by atoms with E-state index in [0.717, 1.165) is 42.2 Å². The first-order valence-corrected chi connectivity index (χ1v) is 11.9. The van der Waals surface area contributed by atoms with Gasteiger partial charge in [0.2, 0.25) is 0 Å². The summed E-state index contributed by atoms with van der Waals surface area (Å²) in [5.41, 5.74) is 2.79. The van der Waals surface area contributed by atoms with Gasteiger partial charge in [0.15, 0.2) is 29.1 Å². The maximum Gasteiger partial charge on any atom is 0.197 e. The first kappa shape index (κ1) is 29.0. The Balaban J connectivity index is 0.000000242. The molecule has 0 aliphatic carbocycles. The van der Waals surface area contributed by atoms with E-state index in [9.17, 15) is 27.5 Å². The average Bonchev–Trinajstić information content (AvgIpc) is 2.93. The largest absolute Gasteiger partial charge is 0.508 e. The summed E-state index contributed by atoms with van der Waals surface area (Å²) in [6, 6.07) is 17.1. The Labute approximate surface area is 224 Å². The molecule has 0 radical (unpaired) electrons. The normalized spacial score (nSPS) is 10.8. The van der Waals surface area contributed by atoms with Crippen LogP contribution in [0, 0.1) is 30.2 Å². The molecule has 0 aliphatic heterocycles. The molecular weight excluding hydrogens is 510 g/mol. The number of phenols is 1. The fraction of sp³-hybridized carbons (Fsp3) is 0.167. The van der Waals surface area contributed by atoms with E-state index in [1.165, 1.54) is 0 Å². The minimum absolute atomic E-state index is 0.237. The fourth-order valence-electron chi connectivity index (χ4n) is 3.61. The van der Waals surface area contributed by atoms with Gasteiger partial charge in [-0.05, 0) is 55.3 Å². The van der Waals surface area contributed by atoms with Gasteiger partial charge in [0, 0.05) is 31.6 Å². The number of halogens is 4. The Hall–Kier alpha value is -4.53. The van der Waals surface area contributed by atoms with Crippen molar-refractivity contribution < 1.29 is 27.5 Å². The number of anilines is 1. The van der Waals surface area contributed by atoms with E-state index in [1.807, 2.05) is 73.6 Å². The summed E-state index contributed by atoms with van der Waals surface area (Å²) in [5, 5.41) is 9.43. The third kappa shape index (κ3) is 7.28. The van der Waals surface area contributed by atoms with Crippen molar-refractivity contribution in [1.29, 1.82) is 0 Å². The molecule has 0 saturated carbocycles. The molecule has 4 rings (SSSR count). The maximum atomic E-state index is 13.1. The van der Waals surface area contributed by atoms with Crippen LogP contribution in [0.2, 0.25) is 0 Å². The molecular formula is C30H27F4N3O2. The van der Waals surface area contributed by atoms with Crippen molar-refractivity contribution in [1.82, 2.24) is 9.97 Å². The first-order chi connectivity index (χ1) is 18.5. The highest BCUT2D eigenvalue weighted by Gasteiger charge is 2.23. The number of Topliss-reactive ketones (excluding diaryl/α,β-unsaturated/α-hetero) is 1. The van der Waals surface area contributed by atoms with Crippen LogP contribution in [0.25, 0.3) is 23.4 Å². The molecule has 0 amide bonds. The summed E-state index contributed by atoms with van der Waals surface area (Å²) in [7, 11) is 3.90. The minimum atomic E-state index is -1.88. The Bertz CT molecular complexity index is 1460. The van der Waals surface area contributed by atoms with Gasteiger partial charge < -0.3 is 10.0 Å². The van der Waals surface area contributed by atoms with E-state index >= 15 is 0 Å². The molecule has 0 aliphatic rings. The molecule has 1 aromatic heterocycles. The molecule has 0 spiro atoms. The van der Waals surface area contributed by atoms with E-state index in [1.54, 1.807) is 18.3 Å². The average molecular weight is 538 g/mol. The first-order valence-electron chi connectivity index (χ1n) is 11.9. The Kier molecular flexibility index (Phi) is 9.54. The number of aromatic hydroxyl groups is 1. The zero-order chi connectivity index (χ0) is 28.7. The van der Waals surface area contributed by atoms with E-state index in [-0.39, 0.29) is 11.3 Å². The van der Waals surface area contributed by atoms with Crippen LogP contribution < -0.4 is 4.90 Å². The number of carbonyl (C=O) groups excluding carboxylic acids is 1. The Morgan fingerprint density at radius 1 is 0.897 bits per heavy atom. The second-order valence-corrected chi connectivity index (χ2v) is 8.89. The van der Waals surface area contributed by atoms with Crippen LogP contribution in [0.1, 0.15) is 29.3 Å². The second kappa shape index (κ2) is 12.8. The van der Waals surface area contributed by atoms with Crippen LogP contribution in [-0.4, -0.2) is 35.0 Å². The zero-order valence-electron chi connectivity index (χ0n) is 21.8. The van der Waals surface area contributed by atoms with Gasteiger partial charge in [-0.2, -0.15) is 0 Å². The standard InChI is InChI=1S/C20H19N3O.C10H8F4O/c1-23(2)20-18(13-8-15-6-4-3-5-7-15)22-19(14-21-20)16-9-11-17(24)12-10-16;1-4(15)3-6-5(2)7(11)9(13)10(14)8(6)12/h3-14,24H,1-2H3;3H2,1-2H3/b13-8+;. The number of aromatic nitrogens is 2. The van der Waals surface area contributed by atoms with Gasteiger partial charge in [0.1, 0.15) is 17.2 Å². The lowest BCUT2D eigenvalue weighted by Gasteiger charge is -2.14. The highest BCUT2D eigenvalue weighted by atomic mass is 19.2. The number of phenolic OH excluding ortho intramolecular Hbond substituents is 1. The molecule has 1 heterocycles. The van der Waals surface area contributed by atoms with Crippen LogP contribution in [0.4, 0.5) is 23.4 Å². The van der Waals surface area contributed by atoms with Crippen molar-refractivity contribution in [2.75, 3.05) is 19.0 Å². The van der Waals surface area contributed by atoms with Crippen LogP contribution in [0.15, 0.2) is 60.8 Å². The molecule has 202 valence electrons. The summed E-state index contributed by atoms with van der Waals surface area (Å²) in [5.74, 6) is -6.09. The lowest BCUT2D eigenvalue weighted by molar-refractivity contribution is -0.116. The maximum absolute atomic E-state index is 13.1. The van der Waals surface area contributed by atoms with E-state index in [2.05, 4.69) is 4.98 Å². The lowest BCUT2D eigenvalue weighted by atomic mass is 10.0. The van der Waals surface area contributed by atoms with Crippen LogP contribution in [0.3, 0.4) is 0 Å². The smallest absolute Gasteiger partial charge is 0.197 e. The van der Waals surface area contributed by atoms with Gasteiger partial charge in [-0.3, -0.25) is 4.79 Å². The van der Waals surface area contributed by atoms with Crippen molar-refractivity contribution in [3.05, 3.63) is 106 Å². The number of hydrogen-bond donors (Lipinski definition) is 1. The van der Waals surface area contributed by atoms with Crippen LogP contribution >= 0.6 is 0 Å². The summed E-state index contributed by atoms with van der Waals surface area (Å²) < 4.78 is 51.6. The number of carbonyl (C=O) groups is 1. The zero-order valence-corrected chi connectivity index (χ0v) is 21.8. The Morgan fingerprint density at radius 2 is 1.51 bits per heavy atom. The van der Waals surface area contributed by atoms with Gasteiger partial charge >= 0.3 is 0 Å². The van der Waals surface area contributed by atoms with Crippen molar-refractivity contribution in [3.8, 4) is 17.0 Å². The third-order valence-electron chi connectivity index (χ3n) is 5.65. The van der Waals surface area contributed by atoms with E-state index < -0.39 is 41.0 Å². The summed E-state index contributed by atoms with van der Waals surface area (Å²) in [4.78, 5) is 21.9. The monoisotopic (exact) mass is 537 g/mol. The van der Waals surface area contributed by atoms with Crippen molar-refractivity contribution in [3.63, 3.8) is 0 Å². The highest BCUT2D eigenvalue weighted by molar-refractivity contribution is 5.78. The number of hydrogen-bond acceptors (Lipinski definition) is 5. The molecule has 3 aromatic carbocycles. The highest BCUT2D eigenvalue weighted by Crippen LogP contribution is 2.25. The SMILES string of the molecule is CC(=O)Cc1c(C)c(F)c(F)c(F)c1F.CN(C)c1ncc(-c2ccc(O)cc2)nc1/C=C/c1ccccc1. The molecule has 1 N–H and O–H groups in total. The van der Waals surface area contributed by atoms with Gasteiger partial charge in [-0.1, -0.05) is 36.4 Å². The summed E-state index contributed by atoms with van der Waals surface area (Å²) >= 11 is 0. The molecule has 39 heavy (non-hydrogen) atoms. The molecule has 0 saturated heterocycles. The third-order valence-corrected chi connectivity index (χ3v) is 5.65. The predicted molar refractivity (Wildman–Crippen MR) is 144 cm³/mol. The summed E-state index contributed by atoms with van der Waals surface area (Å²) in [6.07, 6.45) is 5.30. The van der Waals surface area contributed by atoms with Gasteiger partial charge in [0.25, 0.3) is 0 Å². The lowest BCUT2D eigenvalue weighted by Crippen LogP contribution is -2.13. The van der Waals surface area contributed by atoms with Crippen molar-refractivity contribution in [2.24, 2.45) is 0 Å². The minimum Gasteiger partial charge on any atom is -0.508 e. The van der Waals surface area contributed by atoms with Crippen LogP contribution in [-0.2, 0) is 11.2 Å². The molecule has 0 bridgehead atoms. The molecule has 5 nitrogen and oxygen atoms in total. The Morgan fingerprint density at radius 3 is 2.10 bits per heavy atom. The number of nitrogens with zero attached hydrogens (tertiary/aromatic N) is 3. The van der Waals surface area contributed by atoms with E-state index in [4.69, 9.17) is 4.98 Å². The predicted octanol–water partition coefficient (Wildman–Crippen LogP) is 6.77. The number of benzene rings is 3. The van der Waals surface area contributed by atoms with Crippen molar-refractivity contribution in [2.45, 2.75) is 20.3 Å². The topological polar surface area (TPSA) is 66.3 Å². The molecule has 0 atom stereocenters. The fourth-order valence-corrected chi connectivity index (χ4v) is 3.61. The van der Waals surface area contributed by atoms with Gasteiger partial charge in [0.05, 0.1) is 11.9 Å². The second-order valence-electron chi connectivity index (χ2n) is 8.89. The molecule has 0 unspecified atom stereocenters. The van der Waals surface area contributed by atoms with E-state index in [0.29, 0.717) is 0 Å². The van der Waals surface area contributed by atoms with Gasteiger partial charge in [-0.25, -0.2) is 27.5 Å². The number of ketones is 1. The number of rotatable bonds is 6. The molecule has 9 heteroatoms. The van der Waals surface area contributed by atoms with Crippen molar-refractivity contribution >= 4 is 23.8 Å². The van der Waals surface area contributed by atoms with Gasteiger partial charge in [-0.15, -0.1) is 0 Å². The van der Waals surface area contributed by atoms with Crippen LogP contribution in [0.5, 0.6) is 5.75 Å². The molecule has 0 fully saturated rings. The molecule has 4 aromatic rings. The summed E-state index contributed by atoms with van der Waals surface area (Å²) in [6.45, 7) is 2.25.